The van der Waals surface area contributed by atoms with Crippen LogP contribution in [0.4, 0.5) is 0 Å². The van der Waals surface area contributed by atoms with Crippen molar-refractivity contribution in [1.29, 1.82) is 0 Å². The Bertz CT molecular complexity index is 945. The number of hydrogen-bond donors (Lipinski definition) is 3. The third kappa shape index (κ3) is 3.20. The van der Waals surface area contributed by atoms with Gasteiger partial charge in [-0.05, 0) is 37.8 Å². The van der Waals surface area contributed by atoms with Gasteiger partial charge in [-0.2, -0.15) is 0 Å². The standard InChI is InChI=1S/C21H25N3O2/c1-14(10-11-15-6-3-2-4-7-15)22-18-12-13-24-19-16(20(18)25)8-5-9-17(19)23-21(24)26/h2-9,14,18,20,22,25H,10-13H2,1H3,(H,23,26)/t14-,18-,20-/m1/s1. The van der Waals surface area contributed by atoms with Crippen LogP contribution >= 0.6 is 0 Å². The fourth-order valence-corrected chi connectivity index (χ4v) is 3.99. The largest absolute Gasteiger partial charge is 0.387 e. The highest BCUT2D eigenvalue weighted by atomic mass is 16.3. The first kappa shape index (κ1) is 17.1. The van der Waals surface area contributed by atoms with Gasteiger partial charge in [0.15, 0.2) is 0 Å². The summed E-state index contributed by atoms with van der Waals surface area (Å²) in [6.45, 7) is 2.77. The molecule has 3 N–H and O–H groups in total. The van der Waals surface area contributed by atoms with Crippen LogP contribution < -0.4 is 11.0 Å². The molecule has 0 aliphatic carbocycles. The van der Waals surface area contributed by atoms with E-state index in [0.717, 1.165) is 35.9 Å². The van der Waals surface area contributed by atoms with Crippen molar-refractivity contribution in [2.45, 2.75) is 50.9 Å². The van der Waals surface area contributed by atoms with E-state index in [1.807, 2.05) is 24.3 Å². The van der Waals surface area contributed by atoms with Crippen molar-refractivity contribution in [2.24, 2.45) is 0 Å². The zero-order valence-electron chi connectivity index (χ0n) is 15.0. The molecule has 0 fully saturated rings. The van der Waals surface area contributed by atoms with Crippen LogP contribution in [0.5, 0.6) is 0 Å². The van der Waals surface area contributed by atoms with Crippen LogP contribution in [0.3, 0.4) is 0 Å². The minimum Gasteiger partial charge on any atom is -0.387 e. The molecular weight excluding hydrogens is 326 g/mol. The molecule has 0 radical (unpaired) electrons. The zero-order chi connectivity index (χ0) is 18.1. The SMILES string of the molecule is C[C@H](CCc1ccccc1)N[C@@H]1CCn2c(=O)[nH]c3cccc(c32)[C@H]1O. The number of benzene rings is 2. The Balaban J connectivity index is 1.49. The molecule has 2 aromatic carbocycles. The summed E-state index contributed by atoms with van der Waals surface area (Å²) >= 11 is 0. The Hall–Kier alpha value is -2.37. The molecule has 3 aromatic rings. The maximum Gasteiger partial charge on any atom is 0.326 e. The van der Waals surface area contributed by atoms with Gasteiger partial charge in [0.05, 0.1) is 17.1 Å². The number of H-pyrrole nitrogens is 1. The van der Waals surface area contributed by atoms with Crippen molar-refractivity contribution in [3.05, 3.63) is 70.1 Å². The Kier molecular flexibility index (Phi) is 4.66. The number of para-hydroxylation sites is 1. The van der Waals surface area contributed by atoms with E-state index in [4.69, 9.17) is 0 Å². The van der Waals surface area contributed by atoms with E-state index in [1.165, 1.54) is 5.56 Å². The van der Waals surface area contributed by atoms with Gasteiger partial charge < -0.3 is 15.4 Å². The maximum absolute atomic E-state index is 12.2. The van der Waals surface area contributed by atoms with Crippen LogP contribution in [0, 0.1) is 0 Å². The molecule has 26 heavy (non-hydrogen) atoms. The average molecular weight is 351 g/mol. The van der Waals surface area contributed by atoms with E-state index in [1.54, 1.807) is 4.57 Å². The second-order valence-corrected chi connectivity index (χ2v) is 7.26. The van der Waals surface area contributed by atoms with Gasteiger partial charge >= 0.3 is 5.69 Å². The van der Waals surface area contributed by atoms with Crippen molar-refractivity contribution in [3.8, 4) is 0 Å². The molecular formula is C21H25N3O2. The van der Waals surface area contributed by atoms with Gasteiger partial charge in [0, 0.05) is 24.2 Å². The maximum atomic E-state index is 12.2. The smallest absolute Gasteiger partial charge is 0.326 e. The van der Waals surface area contributed by atoms with Crippen LogP contribution in [-0.4, -0.2) is 26.7 Å². The molecule has 5 nitrogen and oxygen atoms in total. The lowest BCUT2D eigenvalue weighted by Crippen LogP contribution is -2.41. The van der Waals surface area contributed by atoms with Crippen LogP contribution in [0.15, 0.2) is 53.3 Å². The van der Waals surface area contributed by atoms with Crippen molar-refractivity contribution in [2.75, 3.05) is 0 Å². The first-order valence-corrected chi connectivity index (χ1v) is 9.33. The lowest BCUT2D eigenvalue weighted by molar-refractivity contribution is 0.119. The van der Waals surface area contributed by atoms with Crippen LogP contribution in [-0.2, 0) is 13.0 Å². The van der Waals surface area contributed by atoms with E-state index in [-0.39, 0.29) is 17.8 Å². The highest BCUT2D eigenvalue weighted by Gasteiger charge is 2.28. The van der Waals surface area contributed by atoms with E-state index < -0.39 is 6.10 Å². The van der Waals surface area contributed by atoms with Crippen molar-refractivity contribution < 1.29 is 5.11 Å². The third-order valence-electron chi connectivity index (χ3n) is 5.39. The number of aryl methyl sites for hydroxylation is 2. The fraction of sp³-hybridized carbons (Fsp3) is 0.381. The molecule has 2 heterocycles. The molecule has 1 aliphatic heterocycles. The lowest BCUT2D eigenvalue weighted by atomic mass is 9.98. The molecule has 0 saturated carbocycles. The number of aliphatic hydroxyl groups excluding tert-OH is 1. The summed E-state index contributed by atoms with van der Waals surface area (Å²) in [4.78, 5) is 15.1. The summed E-state index contributed by atoms with van der Waals surface area (Å²) in [5, 5.41) is 14.6. The normalized spacial score (nSPS) is 20.8. The number of imidazole rings is 1. The number of aliphatic hydroxyl groups is 1. The average Bonchev–Trinajstić information content (AvgIpc) is 2.91. The van der Waals surface area contributed by atoms with Crippen LogP contribution in [0.1, 0.15) is 37.0 Å². The summed E-state index contributed by atoms with van der Waals surface area (Å²) in [6.07, 6.45) is 2.11. The van der Waals surface area contributed by atoms with Gasteiger partial charge in [0.2, 0.25) is 0 Å². The van der Waals surface area contributed by atoms with Gasteiger partial charge in [-0.25, -0.2) is 4.79 Å². The number of aromatic amines is 1. The predicted octanol–water partition coefficient (Wildman–Crippen LogP) is 2.75. The first-order chi connectivity index (χ1) is 12.6. The zero-order valence-corrected chi connectivity index (χ0v) is 15.0. The fourth-order valence-electron chi connectivity index (χ4n) is 3.99. The van der Waals surface area contributed by atoms with E-state index in [9.17, 15) is 9.90 Å². The van der Waals surface area contributed by atoms with Gasteiger partial charge in [0.1, 0.15) is 0 Å². The van der Waals surface area contributed by atoms with Crippen molar-refractivity contribution in [1.82, 2.24) is 14.9 Å². The highest BCUT2D eigenvalue weighted by molar-refractivity contribution is 5.79. The number of nitrogens with zero attached hydrogens (tertiary/aromatic N) is 1. The Morgan fingerprint density at radius 1 is 1.23 bits per heavy atom. The summed E-state index contributed by atoms with van der Waals surface area (Å²) in [5.41, 5.74) is 3.69. The molecule has 3 atom stereocenters. The lowest BCUT2D eigenvalue weighted by Gasteiger charge is -2.26. The summed E-state index contributed by atoms with van der Waals surface area (Å²) in [5.74, 6) is 0. The predicted molar refractivity (Wildman–Crippen MR) is 103 cm³/mol. The molecule has 1 aromatic heterocycles. The third-order valence-corrected chi connectivity index (χ3v) is 5.39. The van der Waals surface area contributed by atoms with Crippen LogP contribution in [0.2, 0.25) is 0 Å². The second kappa shape index (κ2) is 7.09. The van der Waals surface area contributed by atoms with Gasteiger partial charge in [-0.15, -0.1) is 0 Å². The monoisotopic (exact) mass is 351 g/mol. The molecule has 136 valence electrons. The van der Waals surface area contributed by atoms with Gasteiger partial charge in [0.25, 0.3) is 0 Å². The van der Waals surface area contributed by atoms with Crippen LogP contribution in [0.25, 0.3) is 11.0 Å². The number of hydrogen-bond acceptors (Lipinski definition) is 3. The van der Waals surface area contributed by atoms with Gasteiger partial charge in [-0.3, -0.25) is 4.57 Å². The van der Waals surface area contributed by atoms with Gasteiger partial charge in [-0.1, -0.05) is 42.5 Å². The molecule has 0 amide bonds. The molecule has 5 heteroatoms. The first-order valence-electron chi connectivity index (χ1n) is 9.33. The molecule has 0 saturated heterocycles. The number of aromatic nitrogens is 2. The number of rotatable bonds is 5. The Morgan fingerprint density at radius 3 is 2.85 bits per heavy atom. The number of nitrogens with one attached hydrogen (secondary N) is 2. The van der Waals surface area contributed by atoms with E-state index in [0.29, 0.717) is 6.54 Å². The van der Waals surface area contributed by atoms with Crippen molar-refractivity contribution >= 4 is 11.0 Å². The van der Waals surface area contributed by atoms with E-state index >= 15 is 0 Å². The van der Waals surface area contributed by atoms with E-state index in [2.05, 4.69) is 41.5 Å². The molecule has 1 aliphatic rings. The Labute approximate surface area is 152 Å². The molecule has 4 rings (SSSR count). The quantitative estimate of drug-likeness (QED) is 0.662. The second-order valence-electron chi connectivity index (χ2n) is 7.26. The minimum absolute atomic E-state index is 0.0642. The minimum atomic E-state index is -0.623. The summed E-state index contributed by atoms with van der Waals surface area (Å²) in [6, 6.07) is 16.4. The summed E-state index contributed by atoms with van der Waals surface area (Å²) < 4.78 is 1.75. The van der Waals surface area contributed by atoms with Crippen molar-refractivity contribution in [3.63, 3.8) is 0 Å². The molecule has 0 bridgehead atoms. The summed E-state index contributed by atoms with van der Waals surface area (Å²) in [7, 11) is 0. The topological polar surface area (TPSA) is 70.0 Å². The molecule has 0 spiro atoms. The molecule has 0 unspecified atom stereocenters. The highest BCUT2D eigenvalue weighted by Crippen LogP contribution is 2.30. The Morgan fingerprint density at radius 2 is 2.04 bits per heavy atom.